The van der Waals surface area contributed by atoms with E-state index in [-0.39, 0.29) is 5.91 Å². The molecule has 0 fully saturated rings. The zero-order chi connectivity index (χ0) is 27.1. The van der Waals surface area contributed by atoms with Crippen LogP contribution in [-0.4, -0.2) is 29.3 Å². The van der Waals surface area contributed by atoms with Crippen LogP contribution in [0.25, 0.3) is 0 Å². The topological polar surface area (TPSA) is 133 Å². The van der Waals surface area contributed by atoms with Crippen LogP contribution in [0.4, 0.5) is 16.2 Å². The van der Waals surface area contributed by atoms with Crippen LogP contribution in [0.3, 0.4) is 0 Å². The molecule has 0 bridgehead atoms. The zero-order valence-electron chi connectivity index (χ0n) is 21.7. The van der Waals surface area contributed by atoms with Crippen molar-refractivity contribution in [3.63, 3.8) is 0 Å². The van der Waals surface area contributed by atoms with Gasteiger partial charge in [-0.15, -0.1) is 5.26 Å². The van der Waals surface area contributed by atoms with Crippen LogP contribution in [0.1, 0.15) is 57.7 Å². The van der Waals surface area contributed by atoms with Crippen molar-refractivity contribution in [2.24, 2.45) is 0 Å². The van der Waals surface area contributed by atoms with Crippen LogP contribution >= 0.6 is 0 Å². The quantitative estimate of drug-likeness (QED) is 0.437. The second-order valence-corrected chi connectivity index (χ2v) is 9.69. The van der Waals surface area contributed by atoms with Crippen molar-refractivity contribution in [2.45, 2.75) is 72.2 Å². The highest BCUT2D eigenvalue weighted by atomic mass is 16.6. The molecule has 0 aromatic heterocycles. The SMILES string of the molecule is Cc1ccc(NC(=O)C(C)(C)OC(C)CC(C)(C)OC(=O)Nc2ccc(C)c(OC#N)c2)cc1C#N. The molecule has 0 saturated heterocycles. The summed E-state index contributed by atoms with van der Waals surface area (Å²) in [5.41, 5.74) is 0.887. The van der Waals surface area contributed by atoms with Gasteiger partial charge in [0, 0.05) is 23.9 Å². The molecule has 0 spiro atoms. The summed E-state index contributed by atoms with van der Waals surface area (Å²) in [4.78, 5) is 25.3. The number of aryl methyl sites for hydroxylation is 2. The summed E-state index contributed by atoms with van der Waals surface area (Å²) in [6, 6.07) is 12.1. The predicted molar refractivity (Wildman–Crippen MR) is 135 cm³/mol. The maximum atomic E-state index is 12.9. The third-order valence-electron chi connectivity index (χ3n) is 5.40. The fourth-order valence-electron chi connectivity index (χ4n) is 3.67. The minimum atomic E-state index is -1.19. The first-order valence-electron chi connectivity index (χ1n) is 11.4. The Bertz CT molecular complexity index is 1210. The summed E-state index contributed by atoms with van der Waals surface area (Å²) in [7, 11) is 0. The van der Waals surface area contributed by atoms with Crippen LogP contribution in [0, 0.1) is 36.7 Å². The van der Waals surface area contributed by atoms with Gasteiger partial charge < -0.3 is 19.5 Å². The number of anilines is 2. The van der Waals surface area contributed by atoms with Crippen molar-refractivity contribution >= 4 is 23.4 Å². The van der Waals surface area contributed by atoms with Gasteiger partial charge in [-0.2, -0.15) is 5.26 Å². The highest BCUT2D eigenvalue weighted by molar-refractivity contribution is 5.97. The van der Waals surface area contributed by atoms with E-state index in [0.717, 1.165) is 11.1 Å². The first-order chi connectivity index (χ1) is 16.8. The zero-order valence-corrected chi connectivity index (χ0v) is 21.7. The molecule has 0 aliphatic rings. The summed E-state index contributed by atoms with van der Waals surface area (Å²) in [6.07, 6.45) is 0.818. The summed E-state index contributed by atoms with van der Waals surface area (Å²) in [6.45, 7) is 12.2. The Balaban J connectivity index is 1.95. The average molecular weight is 493 g/mol. The number of amides is 2. The molecule has 1 unspecified atom stereocenters. The first-order valence-corrected chi connectivity index (χ1v) is 11.4. The fraction of sp³-hybridized carbons (Fsp3) is 0.407. The van der Waals surface area contributed by atoms with Crippen LogP contribution in [0.5, 0.6) is 5.75 Å². The van der Waals surface area contributed by atoms with Gasteiger partial charge in [-0.25, -0.2) is 4.79 Å². The lowest BCUT2D eigenvalue weighted by atomic mass is 10.00. The Morgan fingerprint density at radius 2 is 1.58 bits per heavy atom. The summed E-state index contributed by atoms with van der Waals surface area (Å²) in [5.74, 6) is -0.0279. The number of nitrogens with one attached hydrogen (secondary N) is 2. The Morgan fingerprint density at radius 1 is 0.972 bits per heavy atom. The van der Waals surface area contributed by atoms with E-state index in [4.69, 9.17) is 19.5 Å². The normalized spacial score (nSPS) is 12.0. The molecule has 2 amide bonds. The molecular formula is C27H32N4O5. The van der Waals surface area contributed by atoms with E-state index in [2.05, 4.69) is 16.7 Å². The molecular weight excluding hydrogens is 460 g/mol. The van der Waals surface area contributed by atoms with Gasteiger partial charge >= 0.3 is 6.09 Å². The average Bonchev–Trinajstić information content (AvgIpc) is 2.76. The van der Waals surface area contributed by atoms with Crippen LogP contribution in [0.2, 0.25) is 0 Å². The van der Waals surface area contributed by atoms with Gasteiger partial charge in [-0.1, -0.05) is 12.1 Å². The highest BCUT2D eigenvalue weighted by Crippen LogP contribution is 2.26. The number of ether oxygens (including phenoxy) is 3. The molecule has 1 atom stereocenters. The van der Waals surface area contributed by atoms with Gasteiger partial charge in [-0.3, -0.25) is 10.1 Å². The third-order valence-corrected chi connectivity index (χ3v) is 5.40. The lowest BCUT2D eigenvalue weighted by Crippen LogP contribution is -2.44. The molecule has 2 aromatic rings. The minimum absolute atomic E-state index is 0.316. The van der Waals surface area contributed by atoms with Crippen molar-refractivity contribution in [3.8, 4) is 18.1 Å². The smallest absolute Gasteiger partial charge is 0.412 e. The number of benzene rings is 2. The largest absolute Gasteiger partial charge is 0.443 e. The molecule has 190 valence electrons. The molecule has 0 radical (unpaired) electrons. The molecule has 9 nitrogen and oxygen atoms in total. The number of rotatable bonds is 9. The van der Waals surface area contributed by atoms with Crippen molar-refractivity contribution in [3.05, 3.63) is 53.1 Å². The van der Waals surface area contributed by atoms with Crippen molar-refractivity contribution in [1.29, 1.82) is 10.5 Å². The first kappa shape index (κ1) is 28.2. The standard InChI is InChI=1S/C27H32N4O5/c1-17-8-10-21(12-20(17)15-28)30-24(32)27(6,7)35-19(3)14-26(4,5)36-25(33)31-22-11-9-18(2)23(13-22)34-16-29/h8-13,19H,14H2,1-7H3,(H,30,32)(H,31,33). The van der Waals surface area contributed by atoms with Crippen LogP contribution in [-0.2, 0) is 14.3 Å². The van der Waals surface area contributed by atoms with E-state index in [1.807, 2.05) is 6.92 Å². The predicted octanol–water partition coefficient (Wildman–Crippen LogP) is 5.57. The summed E-state index contributed by atoms with van der Waals surface area (Å²) >= 11 is 0. The van der Waals surface area contributed by atoms with Gasteiger partial charge in [0.1, 0.15) is 17.0 Å². The van der Waals surface area contributed by atoms with Crippen LogP contribution in [0.15, 0.2) is 36.4 Å². The second-order valence-electron chi connectivity index (χ2n) is 9.69. The van der Waals surface area contributed by atoms with Crippen LogP contribution < -0.4 is 15.4 Å². The Kier molecular flexibility index (Phi) is 9.05. The molecule has 2 N–H and O–H groups in total. The van der Waals surface area contributed by atoms with E-state index < -0.39 is 23.4 Å². The number of hydrogen-bond donors (Lipinski definition) is 2. The summed E-state index contributed by atoms with van der Waals surface area (Å²) < 4.78 is 16.5. The van der Waals surface area contributed by atoms with E-state index >= 15 is 0 Å². The lowest BCUT2D eigenvalue weighted by Gasteiger charge is -2.33. The molecule has 36 heavy (non-hydrogen) atoms. The van der Waals surface area contributed by atoms with Crippen molar-refractivity contribution < 1.29 is 23.8 Å². The molecule has 0 aliphatic carbocycles. The summed E-state index contributed by atoms with van der Waals surface area (Å²) in [5, 5.41) is 23.4. The molecule has 0 saturated carbocycles. The van der Waals surface area contributed by atoms with E-state index in [9.17, 15) is 14.9 Å². The minimum Gasteiger partial charge on any atom is -0.443 e. The Morgan fingerprint density at radius 3 is 2.19 bits per heavy atom. The number of nitrogens with zero attached hydrogens (tertiary/aromatic N) is 2. The van der Waals surface area contributed by atoms with E-state index in [0.29, 0.717) is 29.1 Å². The molecule has 0 heterocycles. The lowest BCUT2D eigenvalue weighted by molar-refractivity contribution is -0.146. The van der Waals surface area contributed by atoms with E-state index in [1.54, 1.807) is 78.1 Å². The number of hydrogen-bond acceptors (Lipinski definition) is 7. The van der Waals surface area contributed by atoms with Gasteiger partial charge in [0.2, 0.25) is 0 Å². The van der Waals surface area contributed by atoms with Gasteiger partial charge in [0.25, 0.3) is 12.2 Å². The molecule has 2 aromatic carbocycles. The van der Waals surface area contributed by atoms with Crippen molar-refractivity contribution in [2.75, 3.05) is 10.6 Å². The Hall–Kier alpha value is -4.08. The maximum absolute atomic E-state index is 12.9. The fourth-order valence-corrected chi connectivity index (χ4v) is 3.67. The number of carbonyl (C=O) groups is 2. The molecule has 2 rings (SSSR count). The maximum Gasteiger partial charge on any atom is 0.412 e. The van der Waals surface area contributed by atoms with Gasteiger partial charge in [0.05, 0.1) is 17.7 Å². The number of carbonyl (C=O) groups excluding carboxylic acids is 2. The molecule has 9 heteroatoms. The third kappa shape index (κ3) is 8.00. The monoisotopic (exact) mass is 492 g/mol. The Labute approximate surface area is 212 Å². The molecule has 0 aliphatic heterocycles. The van der Waals surface area contributed by atoms with Gasteiger partial charge in [0.15, 0.2) is 0 Å². The van der Waals surface area contributed by atoms with Crippen molar-refractivity contribution in [1.82, 2.24) is 0 Å². The second kappa shape index (κ2) is 11.6. The van der Waals surface area contributed by atoms with Gasteiger partial charge in [-0.05, 0) is 77.8 Å². The highest BCUT2D eigenvalue weighted by Gasteiger charge is 2.34. The number of nitriles is 2. The van der Waals surface area contributed by atoms with E-state index in [1.165, 1.54) is 6.07 Å².